The molecule has 1 unspecified atom stereocenters. The summed E-state index contributed by atoms with van der Waals surface area (Å²) < 4.78 is 36.8. The van der Waals surface area contributed by atoms with Crippen LogP contribution >= 0.6 is 0 Å². The summed E-state index contributed by atoms with van der Waals surface area (Å²) in [5.74, 6) is -2.27. The highest BCUT2D eigenvalue weighted by Gasteiger charge is 2.34. The molecule has 3 rings (SSSR count). The molecule has 1 atom stereocenters. The largest absolute Gasteiger partial charge is 0.453 e. The van der Waals surface area contributed by atoms with Crippen molar-refractivity contribution in [1.29, 1.82) is 0 Å². The molecule has 10 heteroatoms. The first-order chi connectivity index (χ1) is 11.8. The summed E-state index contributed by atoms with van der Waals surface area (Å²) >= 11 is 0. The van der Waals surface area contributed by atoms with Crippen LogP contribution in [0.4, 0.5) is 0 Å². The van der Waals surface area contributed by atoms with E-state index in [2.05, 4.69) is 5.32 Å². The summed E-state index contributed by atoms with van der Waals surface area (Å²) in [7, 11) is -3.73. The number of piperidine rings is 1. The van der Waals surface area contributed by atoms with Crippen LogP contribution in [0.2, 0.25) is 0 Å². The van der Waals surface area contributed by atoms with Crippen LogP contribution in [0, 0.1) is 6.92 Å². The minimum atomic E-state index is -3.73. The number of carbonyl (C=O) groups excluding carboxylic acids is 3. The first kappa shape index (κ1) is 17.6. The molecule has 9 nitrogen and oxygen atoms in total. The van der Waals surface area contributed by atoms with Gasteiger partial charge in [-0.25, -0.2) is 13.2 Å². The Labute approximate surface area is 144 Å². The number of imide groups is 1. The van der Waals surface area contributed by atoms with E-state index in [9.17, 15) is 22.8 Å². The number of sulfonamides is 1. The molecule has 25 heavy (non-hydrogen) atoms. The number of ether oxygens (including phenoxy) is 1. The lowest BCUT2D eigenvalue weighted by Crippen LogP contribution is -2.45. The Morgan fingerprint density at radius 3 is 2.64 bits per heavy atom. The Balaban J connectivity index is 1.76. The number of nitrogens with one attached hydrogen (secondary N) is 1. The van der Waals surface area contributed by atoms with Gasteiger partial charge in [-0.1, -0.05) is 0 Å². The Morgan fingerprint density at radius 2 is 2.00 bits per heavy atom. The number of nitrogens with zero attached hydrogens (tertiary/aromatic N) is 1. The molecule has 0 radical (unpaired) electrons. The zero-order chi connectivity index (χ0) is 18.2. The molecule has 2 aliphatic heterocycles. The fourth-order valence-electron chi connectivity index (χ4n) is 2.86. The summed E-state index contributed by atoms with van der Waals surface area (Å²) in [4.78, 5) is 34.8. The Hall–Kier alpha value is -2.20. The number of rotatable bonds is 4. The van der Waals surface area contributed by atoms with Gasteiger partial charge in [0.15, 0.2) is 6.10 Å². The highest BCUT2D eigenvalue weighted by atomic mass is 32.2. The molecule has 0 saturated carbocycles. The van der Waals surface area contributed by atoms with Crippen LogP contribution in [0.25, 0.3) is 0 Å². The van der Waals surface area contributed by atoms with Crippen molar-refractivity contribution in [2.75, 3.05) is 13.1 Å². The zero-order valence-corrected chi connectivity index (χ0v) is 14.4. The van der Waals surface area contributed by atoms with Crippen LogP contribution in [0.1, 0.15) is 42.0 Å². The van der Waals surface area contributed by atoms with Gasteiger partial charge in [0, 0.05) is 32.0 Å². The molecular weight excluding hydrogens is 352 g/mol. The molecule has 3 heterocycles. The van der Waals surface area contributed by atoms with Gasteiger partial charge < -0.3 is 9.15 Å². The minimum Gasteiger partial charge on any atom is -0.453 e. The first-order valence-corrected chi connectivity index (χ1v) is 9.38. The number of hydrogen-bond acceptors (Lipinski definition) is 7. The van der Waals surface area contributed by atoms with Gasteiger partial charge in [-0.2, -0.15) is 4.31 Å². The predicted molar refractivity (Wildman–Crippen MR) is 83.0 cm³/mol. The number of esters is 1. The lowest BCUT2D eigenvalue weighted by Gasteiger charge is -2.20. The summed E-state index contributed by atoms with van der Waals surface area (Å²) in [6.45, 7) is 2.32. The van der Waals surface area contributed by atoms with Gasteiger partial charge >= 0.3 is 5.97 Å². The van der Waals surface area contributed by atoms with Gasteiger partial charge in [0.05, 0.1) is 0 Å². The molecule has 2 aliphatic rings. The summed E-state index contributed by atoms with van der Waals surface area (Å²) in [6, 6.07) is 1.12. The van der Waals surface area contributed by atoms with Gasteiger partial charge in [-0.3, -0.25) is 14.9 Å². The van der Waals surface area contributed by atoms with E-state index >= 15 is 0 Å². The topological polar surface area (TPSA) is 123 Å². The van der Waals surface area contributed by atoms with E-state index in [1.54, 1.807) is 0 Å². The van der Waals surface area contributed by atoms with Crippen molar-refractivity contribution in [1.82, 2.24) is 9.62 Å². The van der Waals surface area contributed by atoms with E-state index in [0.717, 1.165) is 18.9 Å². The average Bonchev–Trinajstić information content (AvgIpc) is 3.20. The molecule has 1 aromatic heterocycles. The quantitative estimate of drug-likeness (QED) is 0.598. The third kappa shape index (κ3) is 3.45. The third-order valence-electron chi connectivity index (χ3n) is 4.19. The van der Waals surface area contributed by atoms with Crippen LogP contribution in [-0.2, 0) is 24.3 Å². The highest BCUT2D eigenvalue weighted by molar-refractivity contribution is 7.89. The SMILES string of the molecule is Cc1oc(C(=O)OC2CCC(=O)NC2=O)cc1S(=O)(=O)N1CCCC1. The summed E-state index contributed by atoms with van der Waals surface area (Å²) in [6.07, 6.45) is 0.625. The second-order valence-corrected chi connectivity index (χ2v) is 7.89. The number of furan rings is 1. The van der Waals surface area contributed by atoms with Crippen LogP contribution < -0.4 is 5.32 Å². The monoisotopic (exact) mass is 370 g/mol. The highest BCUT2D eigenvalue weighted by Crippen LogP contribution is 2.27. The molecule has 0 aromatic carbocycles. The normalized spacial score (nSPS) is 22.0. The van der Waals surface area contributed by atoms with E-state index in [1.165, 1.54) is 11.2 Å². The van der Waals surface area contributed by atoms with Crippen molar-refractivity contribution in [2.45, 2.75) is 43.6 Å². The maximum absolute atomic E-state index is 12.6. The van der Waals surface area contributed by atoms with Crippen LogP contribution in [-0.4, -0.2) is 49.7 Å². The smallest absolute Gasteiger partial charge is 0.375 e. The molecule has 2 amide bonds. The second-order valence-electron chi connectivity index (χ2n) is 5.99. The molecular formula is C15H18N2O7S. The van der Waals surface area contributed by atoms with Gasteiger partial charge in [0.1, 0.15) is 10.7 Å². The van der Waals surface area contributed by atoms with Gasteiger partial charge in [0.2, 0.25) is 21.7 Å². The standard InChI is InChI=1S/C15H18N2O7S/c1-9-12(25(21,22)17-6-2-3-7-17)8-11(23-9)15(20)24-10-4-5-13(18)16-14(10)19/h8,10H,2-7H2,1H3,(H,16,18,19). The average molecular weight is 370 g/mol. The Kier molecular flexibility index (Phi) is 4.65. The fraction of sp³-hybridized carbons (Fsp3) is 0.533. The maximum Gasteiger partial charge on any atom is 0.375 e. The summed E-state index contributed by atoms with van der Waals surface area (Å²) in [5.41, 5.74) is 0. The van der Waals surface area contributed by atoms with Crippen molar-refractivity contribution in [3.8, 4) is 0 Å². The lowest BCUT2D eigenvalue weighted by atomic mass is 10.1. The Morgan fingerprint density at radius 1 is 1.32 bits per heavy atom. The molecule has 136 valence electrons. The van der Waals surface area contributed by atoms with Crippen molar-refractivity contribution in [3.63, 3.8) is 0 Å². The van der Waals surface area contributed by atoms with Crippen molar-refractivity contribution < 1.29 is 32.0 Å². The number of aryl methyl sites for hydroxylation is 1. The van der Waals surface area contributed by atoms with E-state index in [1.807, 2.05) is 0 Å². The van der Waals surface area contributed by atoms with Gasteiger partial charge in [-0.15, -0.1) is 0 Å². The maximum atomic E-state index is 12.6. The van der Waals surface area contributed by atoms with E-state index in [4.69, 9.17) is 9.15 Å². The Bertz CT molecular complexity index is 821. The lowest BCUT2D eigenvalue weighted by molar-refractivity contribution is -0.140. The number of amides is 2. The zero-order valence-electron chi connectivity index (χ0n) is 13.6. The summed E-state index contributed by atoms with van der Waals surface area (Å²) in [5, 5.41) is 2.08. The van der Waals surface area contributed by atoms with Gasteiger partial charge in [-0.05, 0) is 19.8 Å². The minimum absolute atomic E-state index is 0.0649. The molecule has 2 saturated heterocycles. The van der Waals surface area contributed by atoms with Crippen molar-refractivity contribution >= 4 is 27.8 Å². The molecule has 2 fully saturated rings. The molecule has 0 aliphatic carbocycles. The van der Waals surface area contributed by atoms with Gasteiger partial charge in [0.25, 0.3) is 5.91 Å². The predicted octanol–water partition coefficient (Wildman–Crippen LogP) is 0.335. The first-order valence-electron chi connectivity index (χ1n) is 7.94. The molecule has 1 N–H and O–H groups in total. The van der Waals surface area contributed by atoms with E-state index < -0.39 is 33.9 Å². The van der Waals surface area contributed by atoms with E-state index in [0.29, 0.717) is 13.1 Å². The van der Waals surface area contributed by atoms with Crippen LogP contribution in [0.5, 0.6) is 0 Å². The van der Waals surface area contributed by atoms with Crippen molar-refractivity contribution in [3.05, 3.63) is 17.6 Å². The fourth-order valence-corrected chi connectivity index (χ4v) is 4.54. The number of carbonyl (C=O) groups is 3. The van der Waals surface area contributed by atoms with E-state index in [-0.39, 0.29) is 29.3 Å². The van der Waals surface area contributed by atoms with Crippen molar-refractivity contribution in [2.24, 2.45) is 0 Å². The third-order valence-corrected chi connectivity index (χ3v) is 6.20. The molecule has 0 bridgehead atoms. The number of hydrogen-bond donors (Lipinski definition) is 1. The molecule has 0 spiro atoms. The molecule has 1 aromatic rings. The van der Waals surface area contributed by atoms with Crippen LogP contribution in [0.15, 0.2) is 15.4 Å². The second kappa shape index (κ2) is 6.60. The van der Waals surface area contributed by atoms with Crippen LogP contribution in [0.3, 0.4) is 0 Å².